The summed E-state index contributed by atoms with van der Waals surface area (Å²) in [5.41, 5.74) is -0.523. The predicted molar refractivity (Wildman–Crippen MR) is 124 cm³/mol. The zero-order valence-electron chi connectivity index (χ0n) is 19.5. The van der Waals surface area contributed by atoms with Crippen LogP contribution in [0.2, 0.25) is 0 Å². The third-order valence-corrected chi connectivity index (χ3v) is 6.71. The number of carboxylic acid groups (broad SMARTS) is 1. The van der Waals surface area contributed by atoms with Gasteiger partial charge in [-0.25, -0.2) is 0 Å². The number of nitrogens with one attached hydrogen (secondary N) is 1. The molecule has 2 aliphatic heterocycles. The summed E-state index contributed by atoms with van der Waals surface area (Å²) in [6.07, 6.45) is 0.157. The van der Waals surface area contributed by atoms with E-state index in [-0.39, 0.29) is 30.4 Å². The summed E-state index contributed by atoms with van der Waals surface area (Å²) >= 11 is 0. The molecule has 0 unspecified atom stereocenters. The molecule has 2 aliphatic rings. The third-order valence-electron chi connectivity index (χ3n) is 6.71. The minimum atomic E-state index is -1.64. The molecule has 0 bridgehead atoms. The molecule has 4 atom stereocenters. The van der Waals surface area contributed by atoms with Crippen molar-refractivity contribution in [2.75, 3.05) is 6.61 Å². The van der Waals surface area contributed by atoms with Gasteiger partial charge in [0.1, 0.15) is 5.54 Å². The maximum atomic E-state index is 13.7. The Morgan fingerprint density at radius 2 is 1.82 bits per heavy atom. The first kappa shape index (κ1) is 23.8. The smallest absolute Gasteiger partial charge is 0.324 e. The molecule has 180 valence electrons. The molecule has 8 heteroatoms. The van der Waals surface area contributed by atoms with Gasteiger partial charge in [-0.3, -0.25) is 24.6 Å². The number of para-hydroxylation sites is 1. The molecular weight excluding hydrogens is 436 g/mol. The van der Waals surface area contributed by atoms with Crippen LogP contribution in [0.25, 0.3) is 0 Å². The number of aliphatic carboxylic acids is 1. The molecule has 0 saturated carbocycles. The number of hydrogen-bond donors (Lipinski definition) is 3. The summed E-state index contributed by atoms with van der Waals surface area (Å²) < 4.78 is 5.50. The number of aromatic hydroxyl groups is 1. The number of ether oxygens (including phenoxy) is 1. The number of hydrogen-bond acceptors (Lipinski definition) is 6. The van der Waals surface area contributed by atoms with Crippen molar-refractivity contribution in [1.29, 1.82) is 0 Å². The molecule has 34 heavy (non-hydrogen) atoms. The van der Waals surface area contributed by atoms with Crippen LogP contribution in [0, 0.1) is 17.8 Å². The topological polar surface area (TPSA) is 116 Å². The molecule has 0 aromatic heterocycles. The van der Waals surface area contributed by atoms with Crippen molar-refractivity contribution in [1.82, 2.24) is 10.2 Å². The molecule has 2 aromatic carbocycles. The Balaban J connectivity index is 1.82. The van der Waals surface area contributed by atoms with Gasteiger partial charge in [0.2, 0.25) is 11.8 Å². The molecule has 0 aliphatic carbocycles. The lowest BCUT2D eigenvalue weighted by molar-refractivity contribution is -0.152. The van der Waals surface area contributed by atoms with Crippen LogP contribution < -0.4 is 10.1 Å². The summed E-state index contributed by atoms with van der Waals surface area (Å²) in [7, 11) is 0. The van der Waals surface area contributed by atoms with Crippen molar-refractivity contribution in [3.8, 4) is 11.5 Å². The number of carbonyl (C=O) groups excluding carboxylic acids is 2. The fraction of sp³-hybridized carbons (Fsp3) is 0.423. The normalized spacial score (nSPS) is 26.2. The van der Waals surface area contributed by atoms with Crippen LogP contribution >= 0.6 is 0 Å². The molecule has 2 amide bonds. The third kappa shape index (κ3) is 3.81. The monoisotopic (exact) mass is 466 g/mol. The van der Waals surface area contributed by atoms with Gasteiger partial charge >= 0.3 is 5.97 Å². The minimum absolute atomic E-state index is 0.0579. The average Bonchev–Trinajstić information content (AvgIpc) is 3.25. The largest absolute Gasteiger partial charge is 0.504 e. The van der Waals surface area contributed by atoms with Gasteiger partial charge in [-0.2, -0.15) is 0 Å². The highest BCUT2D eigenvalue weighted by Gasteiger charge is 2.68. The van der Waals surface area contributed by atoms with Crippen LogP contribution in [0.15, 0.2) is 48.5 Å². The first-order valence-electron chi connectivity index (χ1n) is 11.6. The van der Waals surface area contributed by atoms with Gasteiger partial charge < -0.3 is 14.9 Å². The van der Waals surface area contributed by atoms with Gasteiger partial charge in [-0.05, 0) is 30.9 Å². The number of nitrogens with zero attached hydrogens (tertiary/aromatic N) is 1. The Bertz CT molecular complexity index is 1100. The fourth-order valence-corrected chi connectivity index (χ4v) is 5.43. The zero-order chi connectivity index (χ0) is 24.6. The highest BCUT2D eigenvalue weighted by Crippen LogP contribution is 2.53. The predicted octanol–water partition coefficient (Wildman–Crippen LogP) is 3.11. The van der Waals surface area contributed by atoms with E-state index in [0.29, 0.717) is 12.2 Å². The van der Waals surface area contributed by atoms with Crippen molar-refractivity contribution in [2.24, 2.45) is 17.8 Å². The van der Waals surface area contributed by atoms with Gasteiger partial charge in [-0.15, -0.1) is 0 Å². The summed E-state index contributed by atoms with van der Waals surface area (Å²) in [4.78, 5) is 41.2. The second-order valence-electron chi connectivity index (χ2n) is 9.38. The summed E-state index contributed by atoms with van der Waals surface area (Å²) in [6, 6.07) is 13.2. The van der Waals surface area contributed by atoms with E-state index in [2.05, 4.69) is 5.32 Å². The zero-order valence-corrected chi connectivity index (χ0v) is 19.5. The van der Waals surface area contributed by atoms with Crippen LogP contribution in [0.1, 0.15) is 44.4 Å². The van der Waals surface area contributed by atoms with Crippen LogP contribution in [-0.2, 0) is 20.9 Å². The molecule has 3 N–H and O–H groups in total. The SMILES string of the molecule is CCOc1cccc([C@@H]2N[C@](CC(C)C)(C(=O)O)[C@H]3C(=O)N(Cc4ccccc4)C(=O)[C@@H]23)c1O. The Morgan fingerprint density at radius 1 is 1.12 bits per heavy atom. The Kier molecular flexibility index (Phi) is 6.36. The number of carboxylic acids is 1. The van der Waals surface area contributed by atoms with Crippen LogP contribution in [0.3, 0.4) is 0 Å². The number of phenols is 1. The van der Waals surface area contributed by atoms with E-state index in [0.717, 1.165) is 5.56 Å². The maximum absolute atomic E-state index is 13.7. The second kappa shape index (κ2) is 9.10. The molecule has 2 saturated heterocycles. The van der Waals surface area contributed by atoms with Crippen LogP contribution in [-0.4, -0.2) is 45.0 Å². The highest BCUT2D eigenvalue weighted by atomic mass is 16.5. The van der Waals surface area contributed by atoms with Crippen LogP contribution in [0.4, 0.5) is 0 Å². The van der Waals surface area contributed by atoms with Crippen molar-refractivity contribution < 1.29 is 29.3 Å². The van der Waals surface area contributed by atoms with E-state index in [9.17, 15) is 24.6 Å². The number of fused-ring (bicyclic) bond motifs is 1. The summed E-state index contributed by atoms with van der Waals surface area (Å²) in [5, 5.41) is 24.4. The molecule has 0 spiro atoms. The molecule has 2 heterocycles. The fourth-order valence-electron chi connectivity index (χ4n) is 5.43. The van der Waals surface area contributed by atoms with Crippen molar-refractivity contribution in [3.05, 3.63) is 59.7 Å². The maximum Gasteiger partial charge on any atom is 0.324 e. The van der Waals surface area contributed by atoms with E-state index < -0.39 is 41.2 Å². The molecule has 8 nitrogen and oxygen atoms in total. The summed E-state index contributed by atoms with van der Waals surface area (Å²) in [6.45, 7) is 5.95. The highest BCUT2D eigenvalue weighted by molar-refractivity contribution is 6.09. The lowest BCUT2D eigenvalue weighted by Crippen LogP contribution is -2.56. The van der Waals surface area contributed by atoms with Crippen molar-refractivity contribution in [3.63, 3.8) is 0 Å². The quantitative estimate of drug-likeness (QED) is 0.512. The van der Waals surface area contributed by atoms with Gasteiger partial charge in [0, 0.05) is 11.6 Å². The van der Waals surface area contributed by atoms with Crippen LogP contribution in [0.5, 0.6) is 11.5 Å². The van der Waals surface area contributed by atoms with E-state index in [4.69, 9.17) is 4.74 Å². The van der Waals surface area contributed by atoms with E-state index in [1.807, 2.05) is 44.2 Å². The lowest BCUT2D eigenvalue weighted by Gasteiger charge is -2.32. The number of imide groups is 1. The van der Waals surface area contributed by atoms with Gasteiger partial charge in [0.15, 0.2) is 11.5 Å². The average molecular weight is 467 g/mol. The van der Waals surface area contributed by atoms with Gasteiger partial charge in [0.25, 0.3) is 0 Å². The lowest BCUT2D eigenvalue weighted by atomic mass is 9.75. The minimum Gasteiger partial charge on any atom is -0.504 e. The number of phenolic OH excluding ortho intramolecular Hbond substituents is 1. The number of likely N-dealkylation sites (tertiary alicyclic amines) is 1. The Morgan fingerprint density at radius 3 is 2.44 bits per heavy atom. The van der Waals surface area contributed by atoms with E-state index >= 15 is 0 Å². The Hall–Kier alpha value is -3.39. The van der Waals surface area contributed by atoms with Gasteiger partial charge in [0.05, 0.1) is 25.0 Å². The molecule has 0 radical (unpaired) electrons. The number of carbonyl (C=O) groups is 3. The molecule has 2 fully saturated rings. The standard InChI is InChI=1S/C26H30N2O6/c1-4-34-18-12-8-11-17(22(18)29)21-19-20(26(27-21,25(32)33)13-15(2)3)24(31)28(23(19)30)14-16-9-6-5-7-10-16/h5-12,15,19-21,27,29H,4,13-14H2,1-3H3,(H,32,33)/t19-,20-,21+,26+/m1/s1. The van der Waals surface area contributed by atoms with Crippen molar-refractivity contribution >= 4 is 17.8 Å². The molecule has 4 rings (SSSR count). The number of amides is 2. The van der Waals surface area contributed by atoms with Crippen molar-refractivity contribution in [2.45, 2.75) is 45.3 Å². The van der Waals surface area contributed by atoms with E-state index in [1.165, 1.54) is 4.90 Å². The first-order valence-corrected chi connectivity index (χ1v) is 11.6. The van der Waals surface area contributed by atoms with E-state index in [1.54, 1.807) is 25.1 Å². The molecule has 2 aromatic rings. The number of rotatable bonds is 8. The summed E-state index contributed by atoms with van der Waals surface area (Å²) in [5.74, 6) is -4.15. The molecular formula is C26H30N2O6. The Labute approximate surface area is 198 Å². The second-order valence-corrected chi connectivity index (χ2v) is 9.38. The van der Waals surface area contributed by atoms with Gasteiger partial charge in [-0.1, -0.05) is 56.3 Å². The first-order chi connectivity index (χ1) is 16.2. The number of benzene rings is 2.